The summed E-state index contributed by atoms with van der Waals surface area (Å²) in [6.07, 6.45) is 1.48. The van der Waals surface area contributed by atoms with Gasteiger partial charge in [0, 0.05) is 6.54 Å². The lowest BCUT2D eigenvalue weighted by atomic mass is 9.94. The molecule has 0 aromatic heterocycles. The quantitative estimate of drug-likeness (QED) is 0.0681. The highest BCUT2D eigenvalue weighted by atomic mass is 16.4. The van der Waals surface area contributed by atoms with E-state index in [0.717, 1.165) is 0 Å². The number of aliphatic hydroxyl groups excluding tert-OH is 1. The van der Waals surface area contributed by atoms with Gasteiger partial charge in [0.1, 0.15) is 24.2 Å². The Kier molecular flexibility index (Phi) is 14.5. The Labute approximate surface area is 200 Å². The molecular formula is C21H41N7O6. The van der Waals surface area contributed by atoms with Crippen molar-refractivity contribution in [3.8, 4) is 0 Å². The average molecular weight is 488 g/mol. The molecule has 0 saturated carbocycles. The number of hydrogen-bond donors (Lipinski definition) is 8. The van der Waals surface area contributed by atoms with Crippen LogP contribution in [-0.2, 0) is 19.2 Å². The predicted molar refractivity (Wildman–Crippen MR) is 127 cm³/mol. The van der Waals surface area contributed by atoms with Crippen LogP contribution in [0.2, 0.25) is 0 Å². The van der Waals surface area contributed by atoms with E-state index in [4.69, 9.17) is 22.3 Å². The summed E-state index contributed by atoms with van der Waals surface area (Å²) in [7, 11) is 0. The van der Waals surface area contributed by atoms with Gasteiger partial charge < -0.3 is 43.4 Å². The molecule has 0 aliphatic rings. The molecule has 13 heteroatoms. The van der Waals surface area contributed by atoms with Gasteiger partial charge in [0.15, 0.2) is 5.96 Å². The Balaban J connectivity index is 5.51. The maximum absolute atomic E-state index is 13.1. The highest BCUT2D eigenvalue weighted by Gasteiger charge is 2.34. The molecule has 0 heterocycles. The number of carboxylic acid groups (broad SMARTS) is 1. The lowest BCUT2D eigenvalue weighted by Crippen LogP contribution is -2.60. The van der Waals surface area contributed by atoms with Crippen LogP contribution < -0.4 is 33.2 Å². The minimum absolute atomic E-state index is 0.0869. The maximum Gasteiger partial charge on any atom is 0.326 e. The number of carboxylic acids is 1. The van der Waals surface area contributed by atoms with E-state index in [1.165, 1.54) is 0 Å². The first-order chi connectivity index (χ1) is 15.9. The third-order valence-electron chi connectivity index (χ3n) is 5.68. The molecule has 0 bridgehead atoms. The van der Waals surface area contributed by atoms with Crippen LogP contribution in [0, 0.1) is 11.8 Å². The summed E-state index contributed by atoms with van der Waals surface area (Å²) in [5, 5.41) is 26.2. The van der Waals surface area contributed by atoms with E-state index in [1.807, 2.05) is 13.8 Å². The molecule has 0 spiro atoms. The van der Waals surface area contributed by atoms with Crippen molar-refractivity contribution in [3.05, 3.63) is 0 Å². The number of rotatable bonds is 16. The normalized spacial score (nSPS) is 16.2. The number of carbonyl (C=O) groups excluding carboxylic acids is 3. The molecule has 0 fully saturated rings. The second-order valence-corrected chi connectivity index (χ2v) is 8.38. The number of hydrogen-bond acceptors (Lipinski definition) is 7. The van der Waals surface area contributed by atoms with Crippen molar-refractivity contribution in [2.24, 2.45) is 34.0 Å². The molecule has 0 aliphatic heterocycles. The van der Waals surface area contributed by atoms with Gasteiger partial charge >= 0.3 is 5.97 Å². The van der Waals surface area contributed by atoms with E-state index < -0.39 is 54.5 Å². The van der Waals surface area contributed by atoms with Crippen LogP contribution in [0.4, 0.5) is 0 Å². The van der Waals surface area contributed by atoms with Crippen LogP contribution in [0.25, 0.3) is 0 Å². The average Bonchev–Trinajstić information content (AvgIpc) is 2.80. The largest absolute Gasteiger partial charge is 0.480 e. The van der Waals surface area contributed by atoms with Crippen LogP contribution in [0.5, 0.6) is 0 Å². The predicted octanol–water partition coefficient (Wildman–Crippen LogP) is -2.01. The van der Waals surface area contributed by atoms with Crippen molar-refractivity contribution >= 4 is 29.7 Å². The van der Waals surface area contributed by atoms with E-state index in [1.54, 1.807) is 13.8 Å². The van der Waals surface area contributed by atoms with Crippen LogP contribution in [-0.4, -0.2) is 77.2 Å². The Morgan fingerprint density at radius 3 is 1.76 bits per heavy atom. The first kappa shape index (κ1) is 31.1. The van der Waals surface area contributed by atoms with Gasteiger partial charge in [-0.3, -0.25) is 19.4 Å². The van der Waals surface area contributed by atoms with Gasteiger partial charge in [-0.1, -0.05) is 40.5 Å². The highest BCUT2D eigenvalue weighted by molar-refractivity contribution is 5.94. The maximum atomic E-state index is 13.1. The number of nitrogens with two attached hydrogens (primary N) is 3. The monoisotopic (exact) mass is 487 g/mol. The number of carbonyl (C=O) groups is 4. The highest BCUT2D eigenvalue weighted by Crippen LogP contribution is 2.13. The van der Waals surface area contributed by atoms with E-state index in [0.29, 0.717) is 19.3 Å². The molecule has 0 aromatic carbocycles. The molecule has 6 atom stereocenters. The van der Waals surface area contributed by atoms with Crippen molar-refractivity contribution in [1.82, 2.24) is 16.0 Å². The number of nitrogens with one attached hydrogen (secondary N) is 3. The summed E-state index contributed by atoms with van der Waals surface area (Å²) in [4.78, 5) is 53.6. The van der Waals surface area contributed by atoms with Crippen molar-refractivity contribution in [2.75, 3.05) is 13.2 Å². The fourth-order valence-electron chi connectivity index (χ4n) is 3.01. The Morgan fingerprint density at radius 1 is 0.882 bits per heavy atom. The topological polar surface area (TPSA) is 235 Å². The number of guanidine groups is 1. The SMILES string of the molecule is CCC(C)C(NC(=O)C(N)CO)C(=O)NC(C(=O)NC(CCCN=C(N)N)C(=O)O)C(C)CC. The molecule has 6 unspecified atom stereocenters. The first-order valence-corrected chi connectivity index (χ1v) is 11.4. The molecule has 0 radical (unpaired) electrons. The van der Waals surface area contributed by atoms with Crippen molar-refractivity contribution in [1.29, 1.82) is 0 Å². The van der Waals surface area contributed by atoms with Gasteiger partial charge in [-0.15, -0.1) is 0 Å². The summed E-state index contributed by atoms with van der Waals surface area (Å²) in [5.41, 5.74) is 16.0. The summed E-state index contributed by atoms with van der Waals surface area (Å²) >= 11 is 0. The van der Waals surface area contributed by atoms with Crippen LogP contribution >= 0.6 is 0 Å². The molecule has 0 aliphatic carbocycles. The van der Waals surface area contributed by atoms with Crippen LogP contribution in [0.3, 0.4) is 0 Å². The Hall–Kier alpha value is -2.93. The number of aliphatic carboxylic acids is 1. The Morgan fingerprint density at radius 2 is 1.35 bits per heavy atom. The molecule has 11 N–H and O–H groups in total. The van der Waals surface area contributed by atoms with Crippen molar-refractivity contribution in [3.63, 3.8) is 0 Å². The van der Waals surface area contributed by atoms with Gasteiger partial charge in [-0.2, -0.15) is 0 Å². The lowest BCUT2D eigenvalue weighted by molar-refractivity contribution is -0.143. The molecule has 34 heavy (non-hydrogen) atoms. The molecule has 0 rings (SSSR count). The minimum atomic E-state index is -1.23. The van der Waals surface area contributed by atoms with E-state index in [-0.39, 0.29) is 30.8 Å². The number of nitrogens with zero attached hydrogens (tertiary/aromatic N) is 1. The van der Waals surface area contributed by atoms with E-state index >= 15 is 0 Å². The fourth-order valence-corrected chi connectivity index (χ4v) is 3.01. The second kappa shape index (κ2) is 15.8. The van der Waals surface area contributed by atoms with Gasteiger partial charge in [0.2, 0.25) is 17.7 Å². The van der Waals surface area contributed by atoms with Crippen LogP contribution in [0.15, 0.2) is 4.99 Å². The Bertz CT molecular complexity index is 714. The van der Waals surface area contributed by atoms with Gasteiger partial charge in [0.25, 0.3) is 0 Å². The van der Waals surface area contributed by atoms with Gasteiger partial charge in [-0.25, -0.2) is 4.79 Å². The van der Waals surface area contributed by atoms with E-state index in [9.17, 15) is 24.3 Å². The van der Waals surface area contributed by atoms with Gasteiger partial charge in [-0.05, 0) is 24.7 Å². The zero-order chi connectivity index (χ0) is 26.4. The first-order valence-electron chi connectivity index (χ1n) is 11.4. The summed E-state index contributed by atoms with van der Waals surface area (Å²) in [6, 6.07) is -4.42. The molecule has 196 valence electrons. The third-order valence-corrected chi connectivity index (χ3v) is 5.68. The zero-order valence-corrected chi connectivity index (χ0v) is 20.4. The van der Waals surface area contributed by atoms with Crippen molar-refractivity contribution in [2.45, 2.75) is 77.5 Å². The molecule has 13 nitrogen and oxygen atoms in total. The summed E-state index contributed by atoms with van der Waals surface area (Å²) in [6.45, 7) is 6.79. The molecule has 0 aromatic rings. The van der Waals surface area contributed by atoms with Crippen molar-refractivity contribution < 1.29 is 29.4 Å². The molecular weight excluding hydrogens is 446 g/mol. The number of amides is 3. The molecule has 0 saturated heterocycles. The molecule has 3 amide bonds. The second-order valence-electron chi connectivity index (χ2n) is 8.38. The van der Waals surface area contributed by atoms with Gasteiger partial charge in [0.05, 0.1) is 6.61 Å². The van der Waals surface area contributed by atoms with Crippen LogP contribution in [0.1, 0.15) is 53.4 Å². The third kappa shape index (κ3) is 10.8. The number of aliphatic imine (C=N–C) groups is 1. The van der Waals surface area contributed by atoms with E-state index in [2.05, 4.69) is 20.9 Å². The minimum Gasteiger partial charge on any atom is -0.480 e. The fraction of sp³-hybridized carbons (Fsp3) is 0.762. The summed E-state index contributed by atoms with van der Waals surface area (Å²) in [5.74, 6) is -3.91. The standard InChI is InChI=1S/C21H41N7O6/c1-5-11(3)15(18(31)26-14(20(33)34)8-7-9-25-21(23)24)28-19(32)16(12(4)6-2)27-17(30)13(22)10-29/h11-16,29H,5-10,22H2,1-4H3,(H,26,31)(H,27,30)(H,28,32)(H,33,34)(H4,23,24,25). The summed E-state index contributed by atoms with van der Waals surface area (Å²) < 4.78 is 0. The smallest absolute Gasteiger partial charge is 0.326 e. The number of aliphatic hydroxyl groups is 1. The zero-order valence-electron chi connectivity index (χ0n) is 20.4. The lowest BCUT2D eigenvalue weighted by Gasteiger charge is -2.30.